The van der Waals surface area contributed by atoms with E-state index in [1.54, 1.807) is 0 Å². The lowest BCUT2D eigenvalue weighted by Gasteiger charge is -2.12. The topological polar surface area (TPSA) is 18.5 Å². The Labute approximate surface area is 110 Å². The van der Waals surface area contributed by atoms with Crippen LogP contribution in [0, 0.1) is 5.82 Å². The summed E-state index contributed by atoms with van der Waals surface area (Å²) in [5, 5.41) is 0. The zero-order valence-corrected chi connectivity index (χ0v) is 10.8. The number of halogens is 3. The van der Waals surface area contributed by atoms with Crippen LogP contribution in [0.4, 0.5) is 13.2 Å². The highest BCUT2D eigenvalue weighted by molar-refractivity contribution is 5.62. The predicted octanol–water partition coefficient (Wildman–Crippen LogP) is 4.00. The third kappa shape index (κ3) is 5.61. The first-order valence-electron chi connectivity index (χ1n) is 5.53. The van der Waals surface area contributed by atoms with Crippen LogP contribution in [0.15, 0.2) is 42.5 Å². The number of ether oxygens (including phenoxy) is 2. The number of rotatable bonds is 6. The van der Waals surface area contributed by atoms with E-state index < -0.39 is 6.11 Å². The minimum absolute atomic E-state index is 0.322. The number of hydrogen-bond donors (Lipinski definition) is 0. The third-order valence-electron chi connectivity index (χ3n) is 2.19. The third-order valence-corrected chi connectivity index (χ3v) is 2.19. The highest BCUT2D eigenvalue weighted by Crippen LogP contribution is 2.19. The van der Waals surface area contributed by atoms with Crippen LogP contribution in [0.3, 0.4) is 0 Å². The average Bonchev–Trinajstić information content (AvgIpc) is 2.34. The molecule has 2 nitrogen and oxygen atoms in total. The molecule has 0 N–H and O–H groups in total. The molecule has 1 aromatic rings. The summed E-state index contributed by atoms with van der Waals surface area (Å²) in [5.74, 6) is 0.0278. The molecule has 0 heterocycles. The van der Waals surface area contributed by atoms with E-state index >= 15 is 0 Å². The molecule has 104 valence electrons. The van der Waals surface area contributed by atoms with Crippen LogP contribution in [0.2, 0.25) is 0 Å². The minimum atomic E-state index is -3.21. The van der Waals surface area contributed by atoms with Crippen LogP contribution in [0.5, 0.6) is 0 Å². The molecule has 0 fully saturated rings. The van der Waals surface area contributed by atoms with E-state index in [2.05, 4.69) is 11.3 Å². The summed E-state index contributed by atoms with van der Waals surface area (Å²) in [6.07, 6.45) is -1.74. The summed E-state index contributed by atoms with van der Waals surface area (Å²) in [4.78, 5) is 0. The Balaban J connectivity index is 2.76. The summed E-state index contributed by atoms with van der Waals surface area (Å²) < 4.78 is 47.2. The second-order valence-corrected chi connectivity index (χ2v) is 3.97. The van der Waals surface area contributed by atoms with E-state index in [1.165, 1.54) is 37.5 Å². The van der Waals surface area contributed by atoms with Crippen LogP contribution >= 0.6 is 0 Å². The average molecular weight is 272 g/mol. The lowest BCUT2D eigenvalue weighted by atomic mass is 10.1. The molecule has 5 heteroatoms. The quantitative estimate of drug-likeness (QED) is 0.575. The van der Waals surface area contributed by atoms with Crippen molar-refractivity contribution in [3.8, 4) is 0 Å². The van der Waals surface area contributed by atoms with Crippen molar-refractivity contribution < 1.29 is 22.6 Å². The second-order valence-electron chi connectivity index (χ2n) is 3.97. The zero-order chi connectivity index (χ0) is 14.5. The summed E-state index contributed by atoms with van der Waals surface area (Å²) in [6.45, 7) is 3.93. The van der Waals surface area contributed by atoms with Crippen molar-refractivity contribution in [2.45, 2.75) is 13.0 Å². The van der Waals surface area contributed by atoms with Crippen molar-refractivity contribution in [2.24, 2.45) is 0 Å². The van der Waals surface area contributed by atoms with Gasteiger partial charge in [0, 0.05) is 12.5 Å². The van der Waals surface area contributed by atoms with Crippen LogP contribution in [-0.4, -0.2) is 19.8 Å². The fourth-order valence-electron chi connectivity index (χ4n) is 1.32. The molecule has 0 amide bonds. The zero-order valence-electron chi connectivity index (χ0n) is 10.8. The SMILES string of the molecule is C=C(/C=C(\OC)c1ccc(F)cc1)COC(C)(F)F. The number of methoxy groups -OCH3 is 1. The van der Waals surface area contributed by atoms with E-state index in [9.17, 15) is 13.2 Å². The van der Waals surface area contributed by atoms with Gasteiger partial charge in [-0.25, -0.2) is 4.39 Å². The van der Waals surface area contributed by atoms with Crippen molar-refractivity contribution in [1.29, 1.82) is 0 Å². The van der Waals surface area contributed by atoms with Gasteiger partial charge in [-0.05, 0) is 35.9 Å². The molecule has 19 heavy (non-hydrogen) atoms. The Morgan fingerprint density at radius 3 is 2.37 bits per heavy atom. The van der Waals surface area contributed by atoms with E-state index in [0.717, 1.165) is 0 Å². The van der Waals surface area contributed by atoms with Gasteiger partial charge in [0.15, 0.2) is 0 Å². The largest absolute Gasteiger partial charge is 0.496 e. The number of hydrogen-bond acceptors (Lipinski definition) is 2. The summed E-state index contributed by atoms with van der Waals surface area (Å²) in [7, 11) is 1.43. The molecule has 0 atom stereocenters. The summed E-state index contributed by atoms with van der Waals surface area (Å²) in [5.41, 5.74) is 0.941. The fraction of sp³-hybridized carbons (Fsp3) is 0.286. The van der Waals surface area contributed by atoms with E-state index in [4.69, 9.17) is 4.74 Å². The van der Waals surface area contributed by atoms with Gasteiger partial charge in [-0.1, -0.05) is 6.58 Å². The second kappa shape index (κ2) is 6.43. The Morgan fingerprint density at radius 2 is 1.89 bits per heavy atom. The van der Waals surface area contributed by atoms with Crippen LogP contribution in [-0.2, 0) is 9.47 Å². The Morgan fingerprint density at radius 1 is 1.32 bits per heavy atom. The first-order chi connectivity index (χ1) is 8.81. The van der Waals surface area contributed by atoms with Crippen molar-refractivity contribution >= 4 is 5.76 Å². The minimum Gasteiger partial charge on any atom is -0.496 e. The van der Waals surface area contributed by atoms with Crippen LogP contribution < -0.4 is 0 Å². The van der Waals surface area contributed by atoms with Crippen LogP contribution in [0.1, 0.15) is 12.5 Å². The molecular formula is C14H15F3O2. The first kappa shape index (κ1) is 15.3. The molecule has 0 saturated heterocycles. The molecule has 0 saturated carbocycles. The van der Waals surface area contributed by atoms with Crippen molar-refractivity contribution in [2.75, 3.05) is 13.7 Å². The van der Waals surface area contributed by atoms with Crippen molar-refractivity contribution in [3.63, 3.8) is 0 Å². The molecular weight excluding hydrogens is 257 g/mol. The molecule has 0 radical (unpaired) electrons. The lowest BCUT2D eigenvalue weighted by molar-refractivity contribution is -0.217. The lowest BCUT2D eigenvalue weighted by Crippen LogP contribution is -2.16. The van der Waals surface area contributed by atoms with Gasteiger partial charge in [0.1, 0.15) is 11.6 Å². The summed E-state index contributed by atoms with van der Waals surface area (Å²) >= 11 is 0. The van der Waals surface area contributed by atoms with Gasteiger partial charge in [0.05, 0.1) is 13.7 Å². The smallest absolute Gasteiger partial charge is 0.353 e. The molecule has 0 spiro atoms. The predicted molar refractivity (Wildman–Crippen MR) is 67.1 cm³/mol. The maximum atomic E-state index is 12.8. The summed E-state index contributed by atoms with van der Waals surface area (Å²) in [6, 6.07) is 5.60. The highest BCUT2D eigenvalue weighted by atomic mass is 19.3. The maximum absolute atomic E-state index is 12.8. The van der Waals surface area contributed by atoms with E-state index in [0.29, 0.717) is 23.8 Å². The standard InChI is InChI=1S/C14H15F3O2/c1-10(9-19-14(2,16)17)8-13(18-3)11-4-6-12(15)7-5-11/h4-8H,1,9H2,2-3H3/b13-8-. The van der Waals surface area contributed by atoms with E-state index in [-0.39, 0.29) is 12.4 Å². The molecule has 0 unspecified atom stereocenters. The fourth-order valence-corrected chi connectivity index (χ4v) is 1.32. The van der Waals surface area contributed by atoms with Gasteiger partial charge in [-0.2, -0.15) is 8.78 Å². The van der Waals surface area contributed by atoms with Gasteiger partial charge >= 0.3 is 6.11 Å². The molecule has 0 aliphatic carbocycles. The van der Waals surface area contributed by atoms with Crippen molar-refractivity contribution in [3.05, 3.63) is 53.9 Å². The molecule has 0 aromatic heterocycles. The van der Waals surface area contributed by atoms with Gasteiger partial charge in [0.2, 0.25) is 0 Å². The molecule has 0 bridgehead atoms. The Kier molecular flexibility index (Phi) is 5.18. The Hall–Kier alpha value is -1.75. The van der Waals surface area contributed by atoms with E-state index in [1.807, 2.05) is 0 Å². The maximum Gasteiger partial charge on any atom is 0.353 e. The van der Waals surface area contributed by atoms with Crippen molar-refractivity contribution in [1.82, 2.24) is 0 Å². The van der Waals surface area contributed by atoms with Gasteiger partial charge < -0.3 is 9.47 Å². The van der Waals surface area contributed by atoms with Gasteiger partial charge in [-0.3, -0.25) is 0 Å². The first-order valence-corrected chi connectivity index (χ1v) is 5.53. The Bertz CT molecular complexity index is 459. The molecule has 0 aliphatic heterocycles. The molecule has 1 rings (SSSR count). The normalized spacial score (nSPS) is 12.4. The monoisotopic (exact) mass is 272 g/mol. The molecule has 1 aromatic carbocycles. The molecule has 0 aliphatic rings. The van der Waals surface area contributed by atoms with Gasteiger partial charge in [-0.15, -0.1) is 0 Å². The highest BCUT2D eigenvalue weighted by Gasteiger charge is 2.21. The van der Waals surface area contributed by atoms with Crippen LogP contribution in [0.25, 0.3) is 5.76 Å². The van der Waals surface area contributed by atoms with Gasteiger partial charge in [0.25, 0.3) is 0 Å². The number of benzene rings is 1. The number of alkyl halides is 2.